The van der Waals surface area contributed by atoms with Crippen molar-refractivity contribution in [2.75, 3.05) is 33.2 Å². The third-order valence-electron chi connectivity index (χ3n) is 4.09. The lowest BCUT2D eigenvalue weighted by Crippen LogP contribution is -2.56. The standard InChI is InChI=1S/C12H26N4O2S/c1-15-7-4-5-11(10-15)14-19(17,18)16-8-3-2-6-12(16)9-13/h11-12,14H,2-10,13H2,1H3. The number of nitrogens with zero attached hydrogens (tertiary/aromatic N) is 2. The minimum atomic E-state index is -3.39. The maximum atomic E-state index is 12.5. The van der Waals surface area contributed by atoms with E-state index >= 15 is 0 Å². The molecule has 7 heteroatoms. The highest BCUT2D eigenvalue weighted by Crippen LogP contribution is 2.20. The van der Waals surface area contributed by atoms with Crippen molar-refractivity contribution in [3.05, 3.63) is 0 Å². The number of rotatable bonds is 4. The molecule has 0 aromatic carbocycles. The third-order valence-corrected chi connectivity index (χ3v) is 5.82. The van der Waals surface area contributed by atoms with E-state index in [0.29, 0.717) is 13.1 Å². The molecule has 2 fully saturated rings. The van der Waals surface area contributed by atoms with E-state index in [2.05, 4.69) is 9.62 Å². The molecule has 2 saturated heterocycles. The van der Waals surface area contributed by atoms with Gasteiger partial charge in [0.2, 0.25) is 0 Å². The van der Waals surface area contributed by atoms with Crippen LogP contribution in [-0.4, -0.2) is 62.9 Å². The highest BCUT2D eigenvalue weighted by atomic mass is 32.2. The minimum Gasteiger partial charge on any atom is -0.329 e. The molecule has 2 heterocycles. The van der Waals surface area contributed by atoms with Crippen molar-refractivity contribution in [1.82, 2.24) is 13.9 Å². The van der Waals surface area contributed by atoms with Gasteiger partial charge < -0.3 is 10.6 Å². The molecule has 3 N–H and O–H groups in total. The Morgan fingerprint density at radius 3 is 2.68 bits per heavy atom. The monoisotopic (exact) mass is 290 g/mol. The van der Waals surface area contributed by atoms with Gasteiger partial charge in [0.15, 0.2) is 0 Å². The van der Waals surface area contributed by atoms with Crippen molar-refractivity contribution >= 4 is 10.2 Å². The second kappa shape index (κ2) is 6.49. The zero-order valence-corrected chi connectivity index (χ0v) is 12.5. The number of piperidine rings is 2. The molecule has 2 rings (SSSR count). The van der Waals surface area contributed by atoms with Gasteiger partial charge in [-0.3, -0.25) is 0 Å². The average Bonchev–Trinajstić information content (AvgIpc) is 2.38. The molecule has 0 spiro atoms. The summed E-state index contributed by atoms with van der Waals surface area (Å²) in [4.78, 5) is 2.17. The number of nitrogens with one attached hydrogen (secondary N) is 1. The predicted octanol–water partition coefficient (Wildman–Crippen LogP) is -0.272. The Kier molecular flexibility index (Phi) is 5.19. The van der Waals surface area contributed by atoms with Crippen LogP contribution in [0.25, 0.3) is 0 Å². The van der Waals surface area contributed by atoms with E-state index in [4.69, 9.17) is 5.73 Å². The van der Waals surface area contributed by atoms with Crippen LogP contribution < -0.4 is 10.5 Å². The number of hydrogen-bond acceptors (Lipinski definition) is 4. The fourth-order valence-corrected chi connectivity index (χ4v) is 4.77. The summed E-state index contributed by atoms with van der Waals surface area (Å²) in [5.74, 6) is 0. The summed E-state index contributed by atoms with van der Waals surface area (Å²) < 4.78 is 29.4. The Hall–Kier alpha value is -0.210. The maximum Gasteiger partial charge on any atom is 0.280 e. The van der Waals surface area contributed by atoms with Crippen molar-refractivity contribution < 1.29 is 8.42 Å². The van der Waals surface area contributed by atoms with E-state index in [9.17, 15) is 8.42 Å². The quantitative estimate of drug-likeness (QED) is 0.747. The van der Waals surface area contributed by atoms with E-state index in [1.54, 1.807) is 4.31 Å². The normalized spacial score (nSPS) is 31.5. The van der Waals surface area contributed by atoms with Gasteiger partial charge in [0.05, 0.1) is 0 Å². The molecule has 0 aromatic rings. The van der Waals surface area contributed by atoms with Crippen LogP contribution in [0.2, 0.25) is 0 Å². The molecule has 0 amide bonds. The topological polar surface area (TPSA) is 78.7 Å². The van der Waals surface area contributed by atoms with Crippen molar-refractivity contribution in [1.29, 1.82) is 0 Å². The average molecular weight is 290 g/mol. The fraction of sp³-hybridized carbons (Fsp3) is 1.00. The van der Waals surface area contributed by atoms with Gasteiger partial charge in [-0.1, -0.05) is 6.42 Å². The molecule has 2 aliphatic heterocycles. The maximum absolute atomic E-state index is 12.5. The number of likely N-dealkylation sites (tertiary alicyclic amines) is 1. The van der Waals surface area contributed by atoms with Gasteiger partial charge in [-0.2, -0.15) is 17.4 Å². The molecule has 6 nitrogen and oxygen atoms in total. The molecule has 112 valence electrons. The molecule has 0 bridgehead atoms. The van der Waals surface area contributed by atoms with Crippen molar-refractivity contribution in [2.45, 2.75) is 44.2 Å². The second-order valence-corrected chi connectivity index (χ2v) is 7.38. The number of nitrogens with two attached hydrogens (primary N) is 1. The van der Waals surface area contributed by atoms with E-state index in [1.165, 1.54) is 0 Å². The highest BCUT2D eigenvalue weighted by molar-refractivity contribution is 7.87. The van der Waals surface area contributed by atoms with Gasteiger partial charge in [-0.05, 0) is 39.3 Å². The van der Waals surface area contributed by atoms with Crippen LogP contribution in [0.4, 0.5) is 0 Å². The Balaban J connectivity index is 2.00. The van der Waals surface area contributed by atoms with E-state index in [0.717, 1.165) is 45.2 Å². The molecular weight excluding hydrogens is 264 g/mol. The van der Waals surface area contributed by atoms with Gasteiger partial charge >= 0.3 is 0 Å². The molecule has 19 heavy (non-hydrogen) atoms. The Morgan fingerprint density at radius 1 is 1.21 bits per heavy atom. The van der Waals surface area contributed by atoms with Crippen molar-refractivity contribution in [2.24, 2.45) is 5.73 Å². The third kappa shape index (κ3) is 3.88. The molecule has 2 aliphatic rings. The molecule has 0 radical (unpaired) electrons. The molecule has 2 unspecified atom stereocenters. The van der Waals surface area contributed by atoms with Crippen LogP contribution in [0, 0.1) is 0 Å². The van der Waals surface area contributed by atoms with Crippen molar-refractivity contribution in [3.63, 3.8) is 0 Å². The minimum absolute atomic E-state index is 0.0316. The summed E-state index contributed by atoms with van der Waals surface area (Å²) in [6.45, 7) is 2.85. The van der Waals surface area contributed by atoms with Crippen LogP contribution in [0.5, 0.6) is 0 Å². The first kappa shape index (κ1) is 15.2. The summed E-state index contributed by atoms with van der Waals surface area (Å²) in [5.41, 5.74) is 5.70. The van der Waals surface area contributed by atoms with E-state index in [1.807, 2.05) is 7.05 Å². The Morgan fingerprint density at radius 2 is 2.00 bits per heavy atom. The number of likely N-dealkylation sites (N-methyl/N-ethyl adjacent to an activating group) is 1. The SMILES string of the molecule is CN1CCCC(NS(=O)(=O)N2CCCCC2CN)C1. The van der Waals surface area contributed by atoms with Crippen molar-refractivity contribution in [3.8, 4) is 0 Å². The molecule has 0 aliphatic carbocycles. The predicted molar refractivity (Wildman–Crippen MR) is 76.0 cm³/mol. The van der Waals surface area contributed by atoms with Crippen LogP contribution in [-0.2, 0) is 10.2 Å². The Labute approximate surface area is 116 Å². The van der Waals surface area contributed by atoms with Gasteiger partial charge in [0.25, 0.3) is 10.2 Å². The molecule has 2 atom stereocenters. The van der Waals surface area contributed by atoms with Gasteiger partial charge in [0, 0.05) is 31.7 Å². The zero-order valence-electron chi connectivity index (χ0n) is 11.7. The lowest BCUT2D eigenvalue weighted by molar-refractivity contribution is 0.227. The molecule has 0 saturated carbocycles. The highest BCUT2D eigenvalue weighted by Gasteiger charge is 2.33. The summed E-state index contributed by atoms with van der Waals surface area (Å²) in [6, 6.07) is -0.00308. The smallest absolute Gasteiger partial charge is 0.280 e. The van der Waals surface area contributed by atoms with E-state index in [-0.39, 0.29) is 12.1 Å². The first-order valence-electron chi connectivity index (χ1n) is 7.20. The van der Waals surface area contributed by atoms with Crippen LogP contribution in [0.3, 0.4) is 0 Å². The lowest BCUT2D eigenvalue weighted by atomic mass is 10.1. The van der Waals surface area contributed by atoms with Gasteiger partial charge in [0.1, 0.15) is 0 Å². The van der Waals surface area contributed by atoms with Gasteiger partial charge in [-0.15, -0.1) is 0 Å². The lowest BCUT2D eigenvalue weighted by Gasteiger charge is -2.36. The first-order chi connectivity index (χ1) is 9.03. The summed E-state index contributed by atoms with van der Waals surface area (Å²) in [5, 5.41) is 0. The second-order valence-electron chi connectivity index (χ2n) is 5.72. The largest absolute Gasteiger partial charge is 0.329 e. The summed E-state index contributed by atoms with van der Waals surface area (Å²) in [6.07, 6.45) is 4.85. The van der Waals surface area contributed by atoms with E-state index < -0.39 is 10.2 Å². The molecule has 0 aromatic heterocycles. The fourth-order valence-electron chi connectivity index (χ4n) is 3.07. The van der Waals surface area contributed by atoms with Crippen LogP contribution in [0.1, 0.15) is 32.1 Å². The van der Waals surface area contributed by atoms with Gasteiger partial charge in [-0.25, -0.2) is 0 Å². The van der Waals surface area contributed by atoms with Crippen LogP contribution >= 0.6 is 0 Å². The first-order valence-corrected chi connectivity index (χ1v) is 8.64. The number of hydrogen-bond donors (Lipinski definition) is 2. The molecular formula is C12H26N4O2S. The van der Waals surface area contributed by atoms with Crippen LogP contribution in [0.15, 0.2) is 0 Å². The zero-order chi connectivity index (χ0) is 13.9. The summed E-state index contributed by atoms with van der Waals surface area (Å²) >= 11 is 0. The Bertz CT molecular complexity index is 387. The summed E-state index contributed by atoms with van der Waals surface area (Å²) in [7, 11) is -1.36.